The average Bonchev–Trinajstić information content (AvgIpc) is 3.55. The summed E-state index contributed by atoms with van der Waals surface area (Å²) < 4.78 is 1.51. The van der Waals surface area contributed by atoms with E-state index in [2.05, 4.69) is 5.32 Å². The van der Waals surface area contributed by atoms with Gasteiger partial charge in [-0.05, 0) is 49.6 Å². The van der Waals surface area contributed by atoms with Crippen LogP contribution >= 0.6 is 0 Å². The van der Waals surface area contributed by atoms with Gasteiger partial charge in [0.2, 0.25) is 5.91 Å². The minimum absolute atomic E-state index is 0.131. The van der Waals surface area contributed by atoms with E-state index in [9.17, 15) is 14.4 Å². The van der Waals surface area contributed by atoms with Gasteiger partial charge in [0.05, 0.1) is 6.04 Å². The third-order valence-electron chi connectivity index (χ3n) is 5.45. The molecule has 1 aliphatic heterocycles. The molecule has 28 heavy (non-hydrogen) atoms. The van der Waals surface area contributed by atoms with Crippen molar-refractivity contribution in [2.75, 3.05) is 13.1 Å². The fraction of sp³-hybridized carbons (Fsp3) is 0.381. The Hall–Kier alpha value is -2.93. The summed E-state index contributed by atoms with van der Waals surface area (Å²) >= 11 is 0. The van der Waals surface area contributed by atoms with Crippen molar-refractivity contribution >= 4 is 11.8 Å². The molecular weight excluding hydrogens is 356 g/mol. The summed E-state index contributed by atoms with van der Waals surface area (Å²) in [6.07, 6.45) is 4.30. The number of piperidine rings is 1. The number of nitrogens with zero attached hydrogens (tertiary/aromatic N) is 2. The maximum Gasteiger partial charge on any atom is 0.255 e. The molecule has 2 heterocycles. The molecular formula is C21H24N4O3. The Morgan fingerprint density at radius 2 is 1.79 bits per heavy atom. The van der Waals surface area contributed by atoms with E-state index >= 15 is 0 Å². The normalized spacial score (nSPS) is 22.0. The summed E-state index contributed by atoms with van der Waals surface area (Å²) in [5.41, 5.74) is 7.24. The maximum absolute atomic E-state index is 12.7. The van der Waals surface area contributed by atoms with Gasteiger partial charge < -0.3 is 16.0 Å². The zero-order valence-corrected chi connectivity index (χ0v) is 15.6. The molecule has 2 fully saturated rings. The lowest BCUT2D eigenvalue weighted by Gasteiger charge is -2.37. The van der Waals surface area contributed by atoms with Crippen LogP contribution in [-0.4, -0.2) is 46.5 Å². The average molecular weight is 380 g/mol. The highest BCUT2D eigenvalue weighted by atomic mass is 16.2. The molecule has 1 saturated carbocycles. The first-order valence-electron chi connectivity index (χ1n) is 9.66. The second-order valence-electron chi connectivity index (χ2n) is 7.55. The van der Waals surface area contributed by atoms with Crippen LogP contribution in [0.25, 0.3) is 5.69 Å². The Morgan fingerprint density at radius 3 is 2.46 bits per heavy atom. The molecule has 1 saturated heterocycles. The maximum atomic E-state index is 12.7. The Balaban J connectivity index is 1.43. The first-order chi connectivity index (χ1) is 13.5. The molecule has 2 atom stereocenters. The molecule has 2 aliphatic rings. The number of amides is 2. The number of carbonyl (C=O) groups excluding carboxylic acids is 2. The van der Waals surface area contributed by atoms with Crippen LogP contribution in [0.5, 0.6) is 0 Å². The van der Waals surface area contributed by atoms with E-state index in [1.165, 1.54) is 10.6 Å². The van der Waals surface area contributed by atoms with Crippen molar-refractivity contribution in [2.45, 2.75) is 31.3 Å². The largest absolute Gasteiger partial charge is 0.346 e. The van der Waals surface area contributed by atoms with Gasteiger partial charge in [-0.25, -0.2) is 0 Å². The van der Waals surface area contributed by atoms with Gasteiger partial charge in [0.15, 0.2) is 0 Å². The highest BCUT2D eigenvalue weighted by molar-refractivity contribution is 5.94. The van der Waals surface area contributed by atoms with Gasteiger partial charge in [0.25, 0.3) is 11.5 Å². The second kappa shape index (κ2) is 7.59. The number of rotatable bonds is 4. The van der Waals surface area contributed by atoms with Crippen LogP contribution in [0.3, 0.4) is 0 Å². The molecule has 146 valence electrons. The summed E-state index contributed by atoms with van der Waals surface area (Å²) in [7, 11) is 0. The van der Waals surface area contributed by atoms with Gasteiger partial charge >= 0.3 is 0 Å². The van der Waals surface area contributed by atoms with E-state index in [-0.39, 0.29) is 35.4 Å². The highest BCUT2D eigenvalue weighted by Gasteiger charge is 2.37. The van der Waals surface area contributed by atoms with E-state index in [1.807, 2.05) is 4.90 Å². The molecule has 0 bridgehead atoms. The van der Waals surface area contributed by atoms with Crippen molar-refractivity contribution < 1.29 is 9.59 Å². The molecule has 1 aromatic heterocycles. The predicted octanol–water partition coefficient (Wildman–Crippen LogP) is 0.906. The first-order valence-corrected chi connectivity index (χ1v) is 9.66. The van der Waals surface area contributed by atoms with Crippen molar-refractivity contribution in [2.24, 2.45) is 11.7 Å². The molecule has 3 N–H and O–H groups in total. The third kappa shape index (κ3) is 3.84. The molecule has 4 rings (SSSR count). The van der Waals surface area contributed by atoms with Crippen LogP contribution in [-0.2, 0) is 4.79 Å². The predicted molar refractivity (Wildman–Crippen MR) is 105 cm³/mol. The number of hydrogen-bond acceptors (Lipinski definition) is 4. The van der Waals surface area contributed by atoms with E-state index in [4.69, 9.17) is 5.73 Å². The number of aromatic nitrogens is 1. The van der Waals surface area contributed by atoms with Crippen molar-refractivity contribution in [1.82, 2.24) is 14.8 Å². The fourth-order valence-corrected chi connectivity index (χ4v) is 3.58. The first kappa shape index (κ1) is 18.4. The van der Waals surface area contributed by atoms with Crippen LogP contribution in [0.4, 0.5) is 0 Å². The second-order valence-corrected chi connectivity index (χ2v) is 7.55. The standard InChI is InChI=1S/C21H24N4O3/c22-17-10-12-24(21(28)15-4-5-15)13-18(17)23-20(27)14-6-8-16(9-7-14)25-11-2-1-3-19(25)26/h1-3,6-9,11,15,17-18H,4-5,10,12-13,22H2,(H,23,27)/t17-,18+/m1/s1. The number of pyridine rings is 1. The zero-order valence-electron chi connectivity index (χ0n) is 15.6. The Bertz CT molecular complexity index is 933. The van der Waals surface area contributed by atoms with E-state index < -0.39 is 0 Å². The number of carbonyl (C=O) groups is 2. The van der Waals surface area contributed by atoms with Crippen molar-refractivity contribution in [3.8, 4) is 5.69 Å². The molecule has 1 aromatic carbocycles. The lowest BCUT2D eigenvalue weighted by Crippen LogP contribution is -2.59. The van der Waals surface area contributed by atoms with Crippen LogP contribution in [0, 0.1) is 5.92 Å². The van der Waals surface area contributed by atoms with Crippen LogP contribution in [0.2, 0.25) is 0 Å². The number of hydrogen-bond donors (Lipinski definition) is 2. The van der Waals surface area contributed by atoms with E-state index in [0.29, 0.717) is 30.8 Å². The molecule has 0 unspecified atom stereocenters. The number of likely N-dealkylation sites (tertiary alicyclic amines) is 1. The number of nitrogens with one attached hydrogen (secondary N) is 1. The van der Waals surface area contributed by atoms with Gasteiger partial charge in [0, 0.05) is 48.6 Å². The van der Waals surface area contributed by atoms with Crippen LogP contribution < -0.4 is 16.6 Å². The quantitative estimate of drug-likeness (QED) is 0.824. The molecule has 1 aliphatic carbocycles. The highest BCUT2D eigenvalue weighted by Crippen LogP contribution is 2.31. The van der Waals surface area contributed by atoms with E-state index in [1.54, 1.807) is 42.6 Å². The Labute approximate surface area is 163 Å². The van der Waals surface area contributed by atoms with Crippen molar-refractivity contribution in [3.05, 3.63) is 64.6 Å². The Kier molecular flexibility index (Phi) is 5.00. The summed E-state index contributed by atoms with van der Waals surface area (Å²) in [5.74, 6) is 0.122. The molecule has 0 spiro atoms. The van der Waals surface area contributed by atoms with Gasteiger partial charge in [-0.1, -0.05) is 6.07 Å². The third-order valence-corrected chi connectivity index (χ3v) is 5.45. The van der Waals surface area contributed by atoms with Crippen molar-refractivity contribution in [3.63, 3.8) is 0 Å². The molecule has 0 radical (unpaired) electrons. The lowest BCUT2D eigenvalue weighted by molar-refractivity contribution is -0.134. The SMILES string of the molecule is N[C@@H]1CCN(C(=O)C2CC2)C[C@@H]1NC(=O)c1ccc(-n2ccccc2=O)cc1. The molecule has 7 heteroatoms. The van der Waals surface area contributed by atoms with E-state index in [0.717, 1.165) is 12.8 Å². The summed E-state index contributed by atoms with van der Waals surface area (Å²) in [6, 6.07) is 11.4. The summed E-state index contributed by atoms with van der Waals surface area (Å²) in [6.45, 7) is 1.11. The molecule has 2 aromatic rings. The number of benzene rings is 1. The summed E-state index contributed by atoms with van der Waals surface area (Å²) in [5, 5.41) is 2.97. The monoisotopic (exact) mass is 380 g/mol. The van der Waals surface area contributed by atoms with Crippen LogP contribution in [0.1, 0.15) is 29.6 Å². The minimum atomic E-state index is -0.264. The topological polar surface area (TPSA) is 97.4 Å². The van der Waals surface area contributed by atoms with Crippen molar-refractivity contribution in [1.29, 1.82) is 0 Å². The minimum Gasteiger partial charge on any atom is -0.346 e. The number of nitrogens with two attached hydrogens (primary N) is 1. The molecule has 2 amide bonds. The Morgan fingerprint density at radius 1 is 1.04 bits per heavy atom. The smallest absolute Gasteiger partial charge is 0.255 e. The zero-order chi connectivity index (χ0) is 19.7. The van der Waals surface area contributed by atoms with Crippen LogP contribution in [0.15, 0.2) is 53.5 Å². The van der Waals surface area contributed by atoms with Gasteiger partial charge in [-0.15, -0.1) is 0 Å². The fourth-order valence-electron chi connectivity index (χ4n) is 3.58. The summed E-state index contributed by atoms with van der Waals surface area (Å²) in [4.78, 5) is 38.7. The van der Waals surface area contributed by atoms with Gasteiger partial charge in [0.1, 0.15) is 0 Å². The van der Waals surface area contributed by atoms with Gasteiger partial charge in [-0.3, -0.25) is 19.0 Å². The lowest BCUT2D eigenvalue weighted by atomic mass is 9.99. The molecule has 7 nitrogen and oxygen atoms in total. The van der Waals surface area contributed by atoms with Gasteiger partial charge in [-0.2, -0.15) is 0 Å².